The third-order valence-corrected chi connectivity index (χ3v) is 3.67. The summed E-state index contributed by atoms with van der Waals surface area (Å²) in [6.45, 7) is 5.13. The molecule has 4 nitrogen and oxygen atoms in total. The molecule has 1 heterocycles. The number of hydrogen-bond acceptors (Lipinski definition) is 4. The van der Waals surface area contributed by atoms with E-state index in [4.69, 9.17) is 13.9 Å². The lowest BCUT2D eigenvalue weighted by Crippen LogP contribution is -2.09. The maximum Gasteiger partial charge on any atom is 0.183 e. The average Bonchev–Trinajstić information content (AvgIpc) is 3.09. The van der Waals surface area contributed by atoms with Crippen LogP contribution in [0.5, 0.6) is 0 Å². The minimum absolute atomic E-state index is 0.342. The molecule has 0 unspecified atom stereocenters. The maximum absolute atomic E-state index is 5.65. The number of rotatable bonds is 7. The highest BCUT2D eigenvalue weighted by Crippen LogP contribution is 2.27. The lowest BCUT2D eigenvalue weighted by molar-refractivity contribution is -0.140. The van der Waals surface area contributed by atoms with Crippen molar-refractivity contribution in [2.24, 2.45) is 4.99 Å². The van der Waals surface area contributed by atoms with Crippen LogP contribution in [0.2, 0.25) is 0 Å². The topological polar surface area (TPSA) is 44.0 Å². The Morgan fingerprint density at radius 2 is 1.83 bits per heavy atom. The van der Waals surface area contributed by atoms with E-state index >= 15 is 0 Å². The predicted octanol–water partition coefficient (Wildman–Crippen LogP) is 5.26. The summed E-state index contributed by atoms with van der Waals surface area (Å²) in [7, 11) is 0. The predicted molar refractivity (Wildman–Crippen MR) is 95.9 cm³/mol. The molecular weight excluding hydrogens is 302 g/mol. The Bertz CT molecular complexity index is 816. The third kappa shape index (κ3) is 3.72. The minimum Gasteiger partial charge on any atom is -0.471 e. The van der Waals surface area contributed by atoms with E-state index in [1.54, 1.807) is 12.5 Å². The van der Waals surface area contributed by atoms with Crippen molar-refractivity contribution in [3.05, 3.63) is 66.1 Å². The molecule has 0 radical (unpaired) electrons. The van der Waals surface area contributed by atoms with Gasteiger partial charge in [0.15, 0.2) is 6.29 Å². The lowest BCUT2D eigenvalue weighted by Gasteiger charge is -2.17. The molecule has 0 aliphatic carbocycles. The zero-order chi connectivity index (χ0) is 16.8. The van der Waals surface area contributed by atoms with Crippen molar-refractivity contribution in [3.63, 3.8) is 0 Å². The summed E-state index contributed by atoms with van der Waals surface area (Å²) >= 11 is 0. The van der Waals surface area contributed by atoms with Crippen molar-refractivity contribution in [3.8, 4) is 0 Å². The van der Waals surface area contributed by atoms with Gasteiger partial charge in [0.1, 0.15) is 6.26 Å². The second kappa shape index (κ2) is 7.90. The SMILES string of the molecule is CCOC(OCC)c1cccc(/C=N/c2cccc3cocc23)c1. The van der Waals surface area contributed by atoms with Gasteiger partial charge < -0.3 is 13.9 Å². The molecule has 0 fully saturated rings. The molecule has 0 atom stereocenters. The highest BCUT2D eigenvalue weighted by Gasteiger charge is 2.11. The quantitative estimate of drug-likeness (QED) is 0.440. The number of furan rings is 1. The molecule has 0 N–H and O–H groups in total. The van der Waals surface area contributed by atoms with Crippen LogP contribution in [0.25, 0.3) is 10.8 Å². The summed E-state index contributed by atoms with van der Waals surface area (Å²) in [5.41, 5.74) is 2.87. The van der Waals surface area contributed by atoms with E-state index in [0.717, 1.165) is 27.6 Å². The van der Waals surface area contributed by atoms with Gasteiger partial charge in [-0.05, 0) is 31.5 Å². The van der Waals surface area contributed by atoms with Gasteiger partial charge in [-0.1, -0.05) is 30.3 Å². The molecule has 0 aliphatic heterocycles. The minimum atomic E-state index is -0.342. The lowest BCUT2D eigenvalue weighted by atomic mass is 10.1. The van der Waals surface area contributed by atoms with Gasteiger partial charge in [-0.2, -0.15) is 0 Å². The fourth-order valence-electron chi connectivity index (χ4n) is 2.56. The van der Waals surface area contributed by atoms with Crippen molar-refractivity contribution in [1.29, 1.82) is 0 Å². The van der Waals surface area contributed by atoms with Gasteiger partial charge in [-0.15, -0.1) is 0 Å². The first-order valence-electron chi connectivity index (χ1n) is 8.14. The van der Waals surface area contributed by atoms with Gasteiger partial charge in [-0.25, -0.2) is 0 Å². The number of fused-ring (bicyclic) bond motifs is 1. The summed E-state index contributed by atoms with van der Waals surface area (Å²) in [6.07, 6.45) is 4.95. The van der Waals surface area contributed by atoms with Crippen LogP contribution in [-0.4, -0.2) is 19.4 Å². The monoisotopic (exact) mass is 323 g/mol. The molecule has 0 saturated heterocycles. The molecule has 124 valence electrons. The molecule has 2 aromatic carbocycles. The summed E-state index contributed by atoms with van der Waals surface area (Å²) in [4.78, 5) is 4.60. The Kier molecular flexibility index (Phi) is 5.41. The standard InChI is InChI=1S/C20H21NO3/c1-3-23-20(24-4-2)16-8-5-7-15(11-16)12-21-19-10-6-9-17-13-22-14-18(17)19/h5-14,20H,3-4H2,1-2H3/b21-12+. The zero-order valence-corrected chi connectivity index (χ0v) is 13.9. The number of benzene rings is 2. The number of nitrogens with zero attached hydrogens (tertiary/aromatic N) is 1. The molecule has 24 heavy (non-hydrogen) atoms. The van der Waals surface area contributed by atoms with Gasteiger partial charge >= 0.3 is 0 Å². The molecule has 1 aromatic heterocycles. The fourth-order valence-corrected chi connectivity index (χ4v) is 2.56. The normalized spacial score (nSPS) is 11.8. The Hall–Kier alpha value is -2.43. The van der Waals surface area contributed by atoms with Gasteiger partial charge in [0.25, 0.3) is 0 Å². The van der Waals surface area contributed by atoms with Crippen molar-refractivity contribution in [1.82, 2.24) is 0 Å². The molecule has 0 aliphatic rings. The van der Waals surface area contributed by atoms with E-state index < -0.39 is 0 Å². The summed E-state index contributed by atoms with van der Waals surface area (Å²) in [6, 6.07) is 14.0. The molecule has 3 rings (SSSR count). The van der Waals surface area contributed by atoms with Crippen LogP contribution in [0.3, 0.4) is 0 Å². The number of hydrogen-bond donors (Lipinski definition) is 0. The maximum atomic E-state index is 5.65. The first-order chi connectivity index (χ1) is 11.8. The smallest absolute Gasteiger partial charge is 0.183 e. The Balaban J connectivity index is 1.85. The van der Waals surface area contributed by atoms with Crippen LogP contribution in [0, 0.1) is 0 Å². The first-order valence-corrected chi connectivity index (χ1v) is 8.14. The van der Waals surface area contributed by atoms with Crippen LogP contribution in [0.1, 0.15) is 31.3 Å². The first kappa shape index (κ1) is 16.4. The van der Waals surface area contributed by atoms with Crippen LogP contribution in [0.15, 0.2) is 64.4 Å². The van der Waals surface area contributed by atoms with Crippen molar-refractivity contribution in [2.45, 2.75) is 20.1 Å². The fraction of sp³-hybridized carbons (Fsp3) is 0.250. The van der Waals surface area contributed by atoms with Gasteiger partial charge in [0.2, 0.25) is 0 Å². The highest BCUT2D eigenvalue weighted by molar-refractivity contribution is 5.94. The van der Waals surface area contributed by atoms with E-state index in [-0.39, 0.29) is 6.29 Å². The van der Waals surface area contributed by atoms with Crippen LogP contribution in [0.4, 0.5) is 5.69 Å². The Labute approximate surface area is 141 Å². The van der Waals surface area contributed by atoms with E-state index in [1.807, 2.05) is 62.5 Å². The third-order valence-electron chi connectivity index (χ3n) is 3.67. The van der Waals surface area contributed by atoms with Crippen LogP contribution >= 0.6 is 0 Å². The zero-order valence-electron chi connectivity index (χ0n) is 13.9. The molecule has 3 aromatic rings. The molecule has 4 heteroatoms. The van der Waals surface area contributed by atoms with Crippen molar-refractivity contribution < 1.29 is 13.9 Å². The average molecular weight is 323 g/mol. The van der Waals surface area contributed by atoms with Crippen LogP contribution < -0.4 is 0 Å². The van der Waals surface area contributed by atoms with E-state index in [2.05, 4.69) is 4.99 Å². The second-order valence-corrected chi connectivity index (χ2v) is 5.32. The van der Waals surface area contributed by atoms with E-state index in [0.29, 0.717) is 13.2 Å². The van der Waals surface area contributed by atoms with E-state index in [1.165, 1.54) is 0 Å². The molecule has 0 spiro atoms. The second-order valence-electron chi connectivity index (χ2n) is 5.32. The van der Waals surface area contributed by atoms with Gasteiger partial charge in [-0.3, -0.25) is 4.99 Å². The Morgan fingerprint density at radius 3 is 2.62 bits per heavy atom. The molecule has 0 bridgehead atoms. The van der Waals surface area contributed by atoms with Crippen molar-refractivity contribution in [2.75, 3.05) is 13.2 Å². The number of aliphatic imine (C=N–C) groups is 1. The highest BCUT2D eigenvalue weighted by atomic mass is 16.7. The van der Waals surface area contributed by atoms with Gasteiger partial charge in [0, 0.05) is 35.8 Å². The summed E-state index contributed by atoms with van der Waals surface area (Å²) < 4.78 is 16.6. The summed E-state index contributed by atoms with van der Waals surface area (Å²) in [5, 5.41) is 2.05. The van der Waals surface area contributed by atoms with Gasteiger partial charge in [0.05, 0.1) is 12.0 Å². The Morgan fingerprint density at radius 1 is 1.04 bits per heavy atom. The summed E-state index contributed by atoms with van der Waals surface area (Å²) in [5.74, 6) is 0. The van der Waals surface area contributed by atoms with Crippen molar-refractivity contribution >= 4 is 22.7 Å². The molecular formula is C20H21NO3. The largest absolute Gasteiger partial charge is 0.471 e. The molecule has 0 saturated carbocycles. The molecule has 0 amide bonds. The van der Waals surface area contributed by atoms with E-state index in [9.17, 15) is 0 Å². The van der Waals surface area contributed by atoms with Crippen LogP contribution in [-0.2, 0) is 9.47 Å². The number of ether oxygens (including phenoxy) is 2.